The Morgan fingerprint density at radius 1 is 1.03 bits per heavy atom. The highest BCUT2D eigenvalue weighted by atomic mass is 127. The van der Waals surface area contributed by atoms with E-state index in [9.17, 15) is 9.59 Å². The van der Waals surface area contributed by atoms with Crippen LogP contribution in [0.25, 0.3) is 0 Å². The zero-order valence-electron chi connectivity index (χ0n) is 19.9. The van der Waals surface area contributed by atoms with E-state index in [1.165, 1.54) is 0 Å². The minimum absolute atomic E-state index is 0.101. The van der Waals surface area contributed by atoms with Crippen molar-refractivity contribution in [3.05, 3.63) is 43.8 Å². The van der Waals surface area contributed by atoms with Crippen LogP contribution in [0.4, 0.5) is 0 Å². The first kappa shape index (κ1) is 23.9. The average molecular weight is 559 g/mol. The van der Waals surface area contributed by atoms with Crippen molar-refractivity contribution < 1.29 is 19.1 Å². The summed E-state index contributed by atoms with van der Waals surface area (Å²) < 4.78 is 12.2. The lowest BCUT2D eigenvalue weighted by Crippen LogP contribution is -2.42. The second kappa shape index (κ2) is 8.50. The number of carbonyl (C=O) groups excluding carboxylic acids is 2. The second-order valence-corrected chi connectivity index (χ2v) is 11.9. The fourth-order valence-electron chi connectivity index (χ4n) is 5.38. The molecule has 4 rings (SSSR count). The number of terminal acetylenes is 1. The van der Waals surface area contributed by atoms with Crippen molar-refractivity contribution >= 4 is 34.2 Å². The van der Waals surface area contributed by atoms with Crippen molar-refractivity contribution in [1.82, 2.24) is 5.32 Å². The van der Waals surface area contributed by atoms with Gasteiger partial charge < -0.3 is 14.8 Å². The molecule has 1 N–H and O–H groups in total. The number of methoxy groups -OCH3 is 1. The van der Waals surface area contributed by atoms with Gasteiger partial charge >= 0.3 is 0 Å². The molecule has 1 aromatic carbocycles. The predicted molar refractivity (Wildman–Crippen MR) is 136 cm³/mol. The van der Waals surface area contributed by atoms with Crippen LogP contribution < -0.4 is 14.8 Å². The molecule has 0 bridgehead atoms. The number of carbonyl (C=O) groups is 2. The zero-order chi connectivity index (χ0) is 24.1. The third-order valence-corrected chi connectivity index (χ3v) is 7.41. The quantitative estimate of drug-likeness (QED) is 0.402. The van der Waals surface area contributed by atoms with E-state index in [1.807, 2.05) is 12.1 Å². The van der Waals surface area contributed by atoms with E-state index in [1.54, 1.807) is 7.11 Å². The Morgan fingerprint density at radius 2 is 1.58 bits per heavy atom. The average Bonchev–Trinajstić information content (AvgIpc) is 2.68. The number of rotatable bonds is 4. The maximum atomic E-state index is 13.5. The molecule has 1 aliphatic heterocycles. The van der Waals surface area contributed by atoms with Crippen LogP contribution >= 0.6 is 22.6 Å². The summed E-state index contributed by atoms with van der Waals surface area (Å²) in [6, 6.07) is 3.87. The maximum Gasteiger partial charge on any atom is 0.175 e. The van der Waals surface area contributed by atoms with Crippen molar-refractivity contribution in [3.8, 4) is 23.8 Å². The smallest absolute Gasteiger partial charge is 0.175 e. The van der Waals surface area contributed by atoms with Gasteiger partial charge in [0.15, 0.2) is 23.1 Å². The van der Waals surface area contributed by atoms with E-state index in [0.717, 1.165) is 44.5 Å². The molecule has 1 aromatic rings. The minimum Gasteiger partial charge on any atom is -0.493 e. The van der Waals surface area contributed by atoms with Gasteiger partial charge in [0.05, 0.1) is 10.7 Å². The molecular weight excluding hydrogens is 529 g/mol. The Hall–Kier alpha value is -2.27. The third kappa shape index (κ3) is 4.44. The van der Waals surface area contributed by atoms with E-state index in [0.29, 0.717) is 24.3 Å². The number of allylic oxidation sites excluding steroid dienone is 4. The normalized spacial score (nSPS) is 21.7. The SMILES string of the molecule is C#CCOc1c(I)cc(C2C3=C(CC(C)(C)CC3=O)NC3=C2C(=O)CC(C)(C)C3)cc1OC. The van der Waals surface area contributed by atoms with E-state index in [2.05, 4.69) is 61.5 Å². The van der Waals surface area contributed by atoms with Gasteiger partial charge in [-0.25, -0.2) is 0 Å². The summed E-state index contributed by atoms with van der Waals surface area (Å²) in [5.41, 5.74) is 3.95. The Labute approximate surface area is 209 Å². The van der Waals surface area contributed by atoms with Gasteiger partial charge in [0, 0.05) is 41.3 Å². The van der Waals surface area contributed by atoms with Crippen molar-refractivity contribution in [2.24, 2.45) is 10.8 Å². The van der Waals surface area contributed by atoms with Gasteiger partial charge in [-0.15, -0.1) is 6.42 Å². The van der Waals surface area contributed by atoms with Crippen LogP contribution in [0.2, 0.25) is 0 Å². The largest absolute Gasteiger partial charge is 0.493 e. The Bertz CT molecular complexity index is 1100. The summed E-state index contributed by atoms with van der Waals surface area (Å²) in [5, 5.41) is 3.55. The highest BCUT2D eigenvalue weighted by Crippen LogP contribution is 2.52. The van der Waals surface area contributed by atoms with Gasteiger partial charge in [-0.05, 0) is 64.0 Å². The third-order valence-electron chi connectivity index (χ3n) is 6.60. The summed E-state index contributed by atoms with van der Waals surface area (Å²) >= 11 is 2.20. The molecule has 0 saturated carbocycles. The molecular formula is C27H30INO4. The second-order valence-electron chi connectivity index (χ2n) is 10.8. The first-order chi connectivity index (χ1) is 15.5. The van der Waals surface area contributed by atoms with Gasteiger partial charge in [-0.2, -0.15) is 0 Å². The number of dihydropyridines is 1. The fourth-order valence-corrected chi connectivity index (χ4v) is 6.16. The van der Waals surface area contributed by atoms with E-state index in [4.69, 9.17) is 15.9 Å². The number of nitrogens with one attached hydrogen (secondary N) is 1. The van der Waals surface area contributed by atoms with Gasteiger partial charge in [0.25, 0.3) is 0 Å². The first-order valence-electron chi connectivity index (χ1n) is 11.2. The Balaban J connectivity index is 1.92. The number of benzene rings is 1. The van der Waals surface area contributed by atoms with E-state index in [-0.39, 0.29) is 29.0 Å². The van der Waals surface area contributed by atoms with E-state index >= 15 is 0 Å². The molecule has 6 heteroatoms. The molecule has 174 valence electrons. The molecule has 0 radical (unpaired) electrons. The number of hydrogen-bond acceptors (Lipinski definition) is 5. The molecule has 0 amide bonds. The van der Waals surface area contributed by atoms with Crippen LogP contribution in [0, 0.1) is 26.7 Å². The number of ether oxygens (including phenoxy) is 2. The van der Waals surface area contributed by atoms with Gasteiger partial charge in [-0.1, -0.05) is 33.6 Å². The van der Waals surface area contributed by atoms with Crippen molar-refractivity contribution in [2.75, 3.05) is 13.7 Å². The summed E-state index contributed by atoms with van der Waals surface area (Å²) in [6.07, 6.45) is 7.84. The molecule has 0 saturated heterocycles. The Kier molecular flexibility index (Phi) is 6.15. The number of halogens is 1. The predicted octanol–water partition coefficient (Wildman–Crippen LogP) is 5.29. The number of ketones is 2. The first-order valence-corrected chi connectivity index (χ1v) is 12.3. The number of Topliss-reactive ketones (excluding diaryl/α,β-unsaturated/α-hetero) is 2. The summed E-state index contributed by atoms with van der Waals surface area (Å²) in [5.74, 6) is 3.39. The molecule has 2 aliphatic carbocycles. The van der Waals surface area contributed by atoms with Crippen LogP contribution in [0.5, 0.6) is 11.5 Å². The molecule has 0 atom stereocenters. The standard InChI is InChI=1S/C27H30INO4/c1-7-8-33-25-16(28)9-15(10-21(25)32-6)22-23-17(11-26(2,3)13-19(23)30)29-18-12-27(4,5)14-20(31)24(18)22/h1,9-10,22,29H,8,11-14H2,2-6H3. The number of hydrogen-bond donors (Lipinski definition) is 1. The molecule has 5 nitrogen and oxygen atoms in total. The maximum absolute atomic E-state index is 13.5. The lowest BCUT2D eigenvalue weighted by molar-refractivity contribution is -0.119. The summed E-state index contributed by atoms with van der Waals surface area (Å²) in [7, 11) is 1.58. The van der Waals surface area contributed by atoms with Crippen LogP contribution in [0.3, 0.4) is 0 Å². The molecule has 0 spiro atoms. The molecule has 1 heterocycles. The highest BCUT2D eigenvalue weighted by molar-refractivity contribution is 14.1. The lowest BCUT2D eigenvalue weighted by atomic mass is 9.64. The highest BCUT2D eigenvalue weighted by Gasteiger charge is 2.46. The van der Waals surface area contributed by atoms with Crippen LogP contribution in [-0.4, -0.2) is 25.3 Å². The van der Waals surface area contributed by atoms with Gasteiger partial charge in [0.2, 0.25) is 0 Å². The monoisotopic (exact) mass is 559 g/mol. The van der Waals surface area contributed by atoms with Crippen LogP contribution in [0.1, 0.15) is 64.9 Å². The fraction of sp³-hybridized carbons (Fsp3) is 0.481. The molecule has 3 aliphatic rings. The van der Waals surface area contributed by atoms with Gasteiger partial charge in [0.1, 0.15) is 6.61 Å². The molecule has 33 heavy (non-hydrogen) atoms. The Morgan fingerprint density at radius 3 is 2.06 bits per heavy atom. The van der Waals surface area contributed by atoms with E-state index < -0.39 is 5.92 Å². The summed E-state index contributed by atoms with van der Waals surface area (Å²) in [4.78, 5) is 26.9. The van der Waals surface area contributed by atoms with Crippen molar-refractivity contribution in [1.29, 1.82) is 0 Å². The minimum atomic E-state index is -0.410. The van der Waals surface area contributed by atoms with Crippen molar-refractivity contribution in [2.45, 2.75) is 59.3 Å². The topological polar surface area (TPSA) is 64.6 Å². The molecule has 0 unspecified atom stereocenters. The van der Waals surface area contributed by atoms with Crippen LogP contribution in [0.15, 0.2) is 34.7 Å². The van der Waals surface area contributed by atoms with Crippen molar-refractivity contribution in [3.63, 3.8) is 0 Å². The van der Waals surface area contributed by atoms with Crippen LogP contribution in [-0.2, 0) is 9.59 Å². The molecule has 0 fully saturated rings. The zero-order valence-corrected chi connectivity index (χ0v) is 22.0. The summed E-state index contributed by atoms with van der Waals surface area (Å²) in [6.45, 7) is 8.61. The molecule has 0 aromatic heterocycles. The van der Waals surface area contributed by atoms with Gasteiger partial charge in [-0.3, -0.25) is 9.59 Å². The lowest BCUT2D eigenvalue weighted by Gasteiger charge is -2.44.